The van der Waals surface area contributed by atoms with Crippen molar-refractivity contribution in [2.75, 3.05) is 5.73 Å². The molecule has 0 radical (unpaired) electrons. The van der Waals surface area contributed by atoms with Gasteiger partial charge in [-0.3, -0.25) is 0 Å². The van der Waals surface area contributed by atoms with E-state index in [9.17, 15) is 23.1 Å². The lowest BCUT2D eigenvalue weighted by Gasteiger charge is -2.24. The van der Waals surface area contributed by atoms with Crippen LogP contribution in [0.2, 0.25) is 5.28 Å². The normalized spacial score (nSPS) is 27.0. The van der Waals surface area contributed by atoms with Crippen LogP contribution < -0.4 is 11.5 Å². The maximum atomic E-state index is 12.5. The molecule has 13 heteroatoms. The van der Waals surface area contributed by atoms with Crippen LogP contribution in [0, 0.1) is 0 Å². The molecule has 2 aromatic heterocycles. The molecule has 1 aliphatic carbocycles. The number of alkyl halides is 3. The summed E-state index contributed by atoms with van der Waals surface area (Å²) >= 11 is 5.75. The predicted molar refractivity (Wildman–Crippen MR) is 78.3 cm³/mol. The number of nitrogen functional groups attached to an aromatic ring is 1. The Balaban J connectivity index is 2.01. The Kier molecular flexibility index (Phi) is 4.21. The number of nitrogens with zero attached hydrogens (tertiary/aromatic N) is 4. The van der Waals surface area contributed by atoms with Crippen LogP contribution in [0.1, 0.15) is 12.5 Å². The zero-order valence-corrected chi connectivity index (χ0v) is 13.1. The molecular weight excluding hydrogens is 369 g/mol. The van der Waals surface area contributed by atoms with Crippen LogP contribution in [0.4, 0.5) is 19.0 Å². The monoisotopic (exact) mass is 380 g/mol. The Hall–Kier alpha value is -2.18. The number of halogens is 4. The SMILES string of the molecule is Nc1nc(Cl)nc2c1ncn2C1C[C@H](N)[C@@H](O)[C@H]1OC(=O)C(F)(F)F. The van der Waals surface area contributed by atoms with Gasteiger partial charge >= 0.3 is 12.1 Å². The highest BCUT2D eigenvalue weighted by Gasteiger charge is 2.50. The first-order valence-electron chi connectivity index (χ1n) is 6.96. The van der Waals surface area contributed by atoms with E-state index in [0.717, 1.165) is 0 Å². The van der Waals surface area contributed by atoms with E-state index in [1.165, 1.54) is 10.9 Å². The second-order valence-corrected chi connectivity index (χ2v) is 5.87. The van der Waals surface area contributed by atoms with Gasteiger partial charge in [-0.2, -0.15) is 23.1 Å². The first kappa shape index (κ1) is 17.6. The fraction of sp³-hybridized carbons (Fsp3) is 0.500. The maximum Gasteiger partial charge on any atom is 0.490 e. The number of hydrogen-bond acceptors (Lipinski definition) is 8. The first-order valence-corrected chi connectivity index (χ1v) is 7.34. The van der Waals surface area contributed by atoms with Crippen LogP contribution in [-0.4, -0.2) is 55.0 Å². The maximum absolute atomic E-state index is 12.5. The van der Waals surface area contributed by atoms with Crippen molar-refractivity contribution < 1.29 is 27.8 Å². The van der Waals surface area contributed by atoms with Gasteiger partial charge in [-0.05, 0) is 18.0 Å². The topological polar surface area (TPSA) is 142 Å². The van der Waals surface area contributed by atoms with Crippen LogP contribution >= 0.6 is 11.6 Å². The van der Waals surface area contributed by atoms with Gasteiger partial charge in [-0.1, -0.05) is 0 Å². The highest BCUT2D eigenvalue weighted by molar-refractivity contribution is 6.28. The third kappa shape index (κ3) is 3.07. The van der Waals surface area contributed by atoms with Crippen molar-refractivity contribution >= 4 is 34.6 Å². The molecule has 136 valence electrons. The summed E-state index contributed by atoms with van der Waals surface area (Å²) in [6.45, 7) is 0. The van der Waals surface area contributed by atoms with Gasteiger partial charge < -0.3 is 25.9 Å². The molecule has 0 saturated heterocycles. The van der Waals surface area contributed by atoms with E-state index in [-0.39, 0.29) is 28.7 Å². The predicted octanol–water partition coefficient (Wildman–Crippen LogP) is 0.169. The summed E-state index contributed by atoms with van der Waals surface area (Å²) in [4.78, 5) is 22.8. The van der Waals surface area contributed by atoms with E-state index in [1.54, 1.807) is 0 Å². The second-order valence-electron chi connectivity index (χ2n) is 5.53. The number of anilines is 1. The van der Waals surface area contributed by atoms with Gasteiger partial charge in [0.25, 0.3) is 0 Å². The molecule has 1 aliphatic rings. The minimum absolute atomic E-state index is 0.0178. The zero-order valence-electron chi connectivity index (χ0n) is 12.3. The third-order valence-electron chi connectivity index (χ3n) is 3.92. The molecule has 3 rings (SSSR count). The van der Waals surface area contributed by atoms with Gasteiger partial charge in [0.15, 0.2) is 17.6 Å². The number of rotatable bonds is 2. The molecule has 9 nitrogen and oxygen atoms in total. The fourth-order valence-electron chi connectivity index (χ4n) is 2.79. The number of ether oxygens (including phenoxy) is 1. The third-order valence-corrected chi connectivity index (χ3v) is 4.09. The highest BCUT2D eigenvalue weighted by atomic mass is 35.5. The van der Waals surface area contributed by atoms with Gasteiger partial charge in [0.1, 0.15) is 11.6 Å². The molecule has 2 heterocycles. The Labute approximate surface area is 142 Å². The Morgan fingerprint density at radius 2 is 2.12 bits per heavy atom. The van der Waals surface area contributed by atoms with Gasteiger partial charge in [-0.15, -0.1) is 0 Å². The fourth-order valence-corrected chi connectivity index (χ4v) is 2.96. The Morgan fingerprint density at radius 1 is 1.44 bits per heavy atom. The Bertz CT molecular complexity index is 828. The quantitative estimate of drug-likeness (QED) is 0.494. The van der Waals surface area contributed by atoms with Crippen molar-refractivity contribution in [1.29, 1.82) is 0 Å². The number of imidazole rings is 1. The number of hydrogen-bond donors (Lipinski definition) is 3. The van der Waals surface area contributed by atoms with Gasteiger partial charge in [0.2, 0.25) is 5.28 Å². The summed E-state index contributed by atoms with van der Waals surface area (Å²) in [6.07, 6.45) is -7.00. The minimum atomic E-state index is -5.20. The molecule has 1 saturated carbocycles. The van der Waals surface area contributed by atoms with Crippen molar-refractivity contribution in [2.24, 2.45) is 5.73 Å². The van der Waals surface area contributed by atoms with Crippen LogP contribution in [0.15, 0.2) is 6.33 Å². The van der Waals surface area contributed by atoms with E-state index >= 15 is 0 Å². The summed E-state index contributed by atoms with van der Waals surface area (Å²) in [7, 11) is 0. The van der Waals surface area contributed by atoms with E-state index < -0.39 is 36.4 Å². The molecule has 0 bridgehead atoms. The average molecular weight is 381 g/mol. The van der Waals surface area contributed by atoms with Crippen LogP contribution in [0.25, 0.3) is 11.2 Å². The number of aliphatic hydroxyl groups excluding tert-OH is 1. The number of nitrogens with two attached hydrogens (primary N) is 2. The molecule has 2 aromatic rings. The lowest BCUT2D eigenvalue weighted by atomic mass is 10.2. The van der Waals surface area contributed by atoms with Gasteiger partial charge in [0, 0.05) is 6.04 Å². The molecule has 0 amide bonds. The molecule has 4 atom stereocenters. The van der Waals surface area contributed by atoms with Crippen LogP contribution in [0.5, 0.6) is 0 Å². The van der Waals surface area contributed by atoms with Crippen molar-refractivity contribution in [2.45, 2.75) is 36.9 Å². The zero-order chi connectivity index (χ0) is 18.5. The van der Waals surface area contributed by atoms with E-state index in [1.807, 2.05) is 0 Å². The largest absolute Gasteiger partial charge is 0.490 e. The summed E-state index contributed by atoms with van der Waals surface area (Å²) < 4.78 is 43.2. The van der Waals surface area contributed by atoms with Crippen molar-refractivity contribution in [1.82, 2.24) is 19.5 Å². The number of aliphatic hydroxyl groups is 1. The minimum Gasteiger partial charge on any atom is -0.451 e. The number of esters is 1. The van der Waals surface area contributed by atoms with Crippen LogP contribution in [-0.2, 0) is 9.53 Å². The summed E-state index contributed by atoms with van der Waals surface area (Å²) in [5.41, 5.74) is 11.7. The number of carbonyl (C=O) groups is 1. The highest BCUT2D eigenvalue weighted by Crippen LogP contribution is 2.36. The van der Waals surface area contributed by atoms with Crippen LogP contribution in [0.3, 0.4) is 0 Å². The lowest BCUT2D eigenvalue weighted by Crippen LogP contribution is -2.41. The standard InChI is InChI=1S/C12H12ClF3N6O3/c13-11-20-8(18)5-9(21-11)22(2-19-5)4-1-3(17)6(23)7(4)25-10(24)12(14,15)16/h2-4,6-7,23H,1,17H2,(H2,18,20,21)/t3-,4?,6+,7-/m0/s1. The van der Waals surface area contributed by atoms with E-state index in [2.05, 4.69) is 19.7 Å². The molecule has 0 aliphatic heterocycles. The lowest BCUT2D eigenvalue weighted by molar-refractivity contribution is -0.209. The van der Waals surface area contributed by atoms with Gasteiger partial charge in [-0.25, -0.2) is 9.78 Å². The summed E-state index contributed by atoms with van der Waals surface area (Å²) in [6, 6.07) is -1.85. The molecule has 0 aromatic carbocycles. The molecule has 25 heavy (non-hydrogen) atoms. The van der Waals surface area contributed by atoms with E-state index in [0.29, 0.717) is 0 Å². The number of fused-ring (bicyclic) bond motifs is 1. The van der Waals surface area contributed by atoms with E-state index in [4.69, 9.17) is 23.1 Å². The summed E-state index contributed by atoms with van der Waals surface area (Å²) in [5.74, 6) is -2.45. The Morgan fingerprint density at radius 3 is 2.76 bits per heavy atom. The average Bonchev–Trinajstić information content (AvgIpc) is 3.02. The van der Waals surface area contributed by atoms with Crippen molar-refractivity contribution in [3.8, 4) is 0 Å². The van der Waals surface area contributed by atoms with Crippen molar-refractivity contribution in [3.63, 3.8) is 0 Å². The smallest absolute Gasteiger partial charge is 0.451 e. The van der Waals surface area contributed by atoms with Crippen molar-refractivity contribution in [3.05, 3.63) is 11.6 Å². The number of carbonyl (C=O) groups excluding carboxylic acids is 1. The molecular formula is C12H12ClF3N6O3. The number of aromatic nitrogens is 4. The summed E-state index contributed by atoms with van der Waals surface area (Å²) in [5, 5.41) is 9.84. The molecule has 1 fully saturated rings. The van der Waals surface area contributed by atoms with Gasteiger partial charge in [0.05, 0.1) is 12.4 Å². The molecule has 1 unspecified atom stereocenters. The molecule has 5 N–H and O–H groups in total. The second kappa shape index (κ2) is 5.97. The first-order chi connectivity index (χ1) is 11.6. The molecule has 0 spiro atoms.